The highest BCUT2D eigenvalue weighted by atomic mass is 79.9. The average molecular weight is 356 g/mol. The van der Waals surface area contributed by atoms with Crippen LogP contribution in [-0.4, -0.2) is 41.8 Å². The van der Waals surface area contributed by atoms with Crippen molar-refractivity contribution in [3.05, 3.63) is 28.2 Å². The summed E-state index contributed by atoms with van der Waals surface area (Å²) in [5.74, 6) is 1.20. The zero-order valence-corrected chi connectivity index (χ0v) is 14.8. The molecule has 0 aliphatic carbocycles. The summed E-state index contributed by atoms with van der Waals surface area (Å²) in [7, 11) is 0. The van der Waals surface area contributed by atoms with E-state index in [1.807, 2.05) is 19.9 Å². The summed E-state index contributed by atoms with van der Waals surface area (Å²) < 4.78 is 6.73. The van der Waals surface area contributed by atoms with Gasteiger partial charge in [-0.3, -0.25) is 0 Å². The number of hydrogen-bond donors (Lipinski definition) is 1. The third kappa shape index (κ3) is 4.70. The number of nitrogens with zero attached hydrogens (tertiary/aromatic N) is 1. The van der Waals surface area contributed by atoms with Gasteiger partial charge in [-0.1, -0.05) is 13.0 Å². The molecule has 2 atom stereocenters. The molecular formula is C17H26BrNO2. The van der Waals surface area contributed by atoms with Gasteiger partial charge in [-0.25, -0.2) is 0 Å². The van der Waals surface area contributed by atoms with Crippen molar-refractivity contribution < 1.29 is 9.84 Å². The third-order valence-corrected chi connectivity index (χ3v) is 4.70. The van der Waals surface area contributed by atoms with E-state index in [2.05, 4.69) is 39.9 Å². The molecule has 2 rings (SSSR count). The summed E-state index contributed by atoms with van der Waals surface area (Å²) in [5.41, 5.74) is 1.25. The number of rotatable bonds is 5. The van der Waals surface area contributed by atoms with Gasteiger partial charge in [0.05, 0.1) is 16.7 Å². The second-order valence-corrected chi connectivity index (χ2v) is 7.00. The van der Waals surface area contributed by atoms with E-state index < -0.39 is 0 Å². The Labute approximate surface area is 136 Å². The number of aliphatic hydroxyl groups is 1. The Morgan fingerprint density at radius 1 is 1.43 bits per heavy atom. The highest BCUT2D eigenvalue weighted by molar-refractivity contribution is 9.10. The van der Waals surface area contributed by atoms with Crippen LogP contribution in [0.2, 0.25) is 0 Å². The third-order valence-electron chi connectivity index (χ3n) is 4.08. The fourth-order valence-electron chi connectivity index (χ4n) is 2.91. The molecule has 1 aromatic rings. The zero-order chi connectivity index (χ0) is 15.4. The van der Waals surface area contributed by atoms with Crippen molar-refractivity contribution in [1.29, 1.82) is 0 Å². The lowest BCUT2D eigenvalue weighted by Gasteiger charge is -2.35. The van der Waals surface area contributed by atoms with E-state index in [9.17, 15) is 5.11 Å². The normalized spacial score (nSPS) is 23.5. The molecule has 0 amide bonds. The molecule has 4 heteroatoms. The first-order chi connectivity index (χ1) is 9.99. The minimum absolute atomic E-state index is 0.172. The molecule has 21 heavy (non-hydrogen) atoms. The van der Waals surface area contributed by atoms with Crippen molar-refractivity contribution in [2.45, 2.75) is 45.8 Å². The van der Waals surface area contributed by atoms with E-state index >= 15 is 0 Å². The molecule has 3 nitrogen and oxygen atoms in total. The van der Waals surface area contributed by atoms with E-state index in [0.717, 1.165) is 42.7 Å². The maximum absolute atomic E-state index is 10.2. The number of ether oxygens (including phenoxy) is 1. The van der Waals surface area contributed by atoms with Gasteiger partial charge in [0, 0.05) is 19.0 Å². The fourth-order valence-corrected chi connectivity index (χ4v) is 3.43. The van der Waals surface area contributed by atoms with E-state index in [4.69, 9.17) is 4.74 Å². The molecule has 118 valence electrons. The maximum Gasteiger partial charge on any atom is 0.133 e. The molecule has 1 aliphatic heterocycles. The number of likely N-dealkylation sites (tertiary alicyclic amines) is 1. The number of hydrogen-bond acceptors (Lipinski definition) is 3. The molecular weight excluding hydrogens is 330 g/mol. The molecule has 0 aromatic heterocycles. The van der Waals surface area contributed by atoms with Gasteiger partial charge in [0.15, 0.2) is 0 Å². The summed E-state index contributed by atoms with van der Waals surface area (Å²) in [6.45, 7) is 9.30. The standard InChI is InChI=1S/C17H26BrNO2/c1-4-19-8-7-16(20)14(11-19)9-13-5-6-17(15(18)10-13)21-12(2)3/h5-6,10,12,14,16,20H,4,7-9,11H2,1-3H3. The summed E-state index contributed by atoms with van der Waals surface area (Å²) >= 11 is 3.58. The second-order valence-electron chi connectivity index (χ2n) is 6.14. The minimum Gasteiger partial charge on any atom is -0.490 e. The number of piperidine rings is 1. The van der Waals surface area contributed by atoms with Crippen molar-refractivity contribution in [1.82, 2.24) is 4.90 Å². The van der Waals surface area contributed by atoms with Gasteiger partial charge in [-0.2, -0.15) is 0 Å². The van der Waals surface area contributed by atoms with Crippen LogP contribution in [0, 0.1) is 5.92 Å². The molecule has 1 fully saturated rings. The van der Waals surface area contributed by atoms with E-state index in [1.165, 1.54) is 5.56 Å². The van der Waals surface area contributed by atoms with E-state index in [0.29, 0.717) is 5.92 Å². The molecule has 0 spiro atoms. The molecule has 0 bridgehead atoms. The topological polar surface area (TPSA) is 32.7 Å². The highest BCUT2D eigenvalue weighted by Crippen LogP contribution is 2.29. The summed E-state index contributed by atoms with van der Waals surface area (Å²) in [4.78, 5) is 2.42. The molecule has 1 N–H and O–H groups in total. The quantitative estimate of drug-likeness (QED) is 0.877. The van der Waals surface area contributed by atoms with Crippen LogP contribution in [0.4, 0.5) is 0 Å². The van der Waals surface area contributed by atoms with Gasteiger partial charge in [-0.15, -0.1) is 0 Å². The molecule has 0 saturated carbocycles. The number of aliphatic hydroxyl groups excluding tert-OH is 1. The largest absolute Gasteiger partial charge is 0.490 e. The Morgan fingerprint density at radius 2 is 2.19 bits per heavy atom. The average Bonchev–Trinajstić information content (AvgIpc) is 2.44. The van der Waals surface area contributed by atoms with Gasteiger partial charge in [0.1, 0.15) is 5.75 Å². The lowest BCUT2D eigenvalue weighted by molar-refractivity contribution is 0.0290. The van der Waals surface area contributed by atoms with Crippen LogP contribution in [0.15, 0.2) is 22.7 Å². The van der Waals surface area contributed by atoms with Crippen molar-refractivity contribution in [2.24, 2.45) is 5.92 Å². The number of halogens is 1. The SMILES string of the molecule is CCN1CCC(O)C(Cc2ccc(OC(C)C)c(Br)c2)C1. The summed E-state index contributed by atoms with van der Waals surface area (Å²) in [6.07, 6.45) is 1.79. The Bertz CT molecular complexity index is 464. The second kappa shape index (κ2) is 7.61. The fraction of sp³-hybridized carbons (Fsp3) is 0.647. The zero-order valence-electron chi connectivity index (χ0n) is 13.2. The lowest BCUT2D eigenvalue weighted by atomic mass is 9.89. The Balaban J connectivity index is 2.03. The summed E-state index contributed by atoms with van der Waals surface area (Å²) in [5, 5.41) is 10.2. The van der Waals surface area contributed by atoms with Crippen molar-refractivity contribution in [3.8, 4) is 5.75 Å². The van der Waals surface area contributed by atoms with Crippen molar-refractivity contribution in [3.63, 3.8) is 0 Å². The first-order valence-corrected chi connectivity index (χ1v) is 8.64. The molecule has 1 aromatic carbocycles. The van der Waals surface area contributed by atoms with Crippen LogP contribution in [0.3, 0.4) is 0 Å². The monoisotopic (exact) mass is 355 g/mol. The van der Waals surface area contributed by atoms with Crippen LogP contribution >= 0.6 is 15.9 Å². The minimum atomic E-state index is -0.182. The van der Waals surface area contributed by atoms with Gasteiger partial charge in [0.2, 0.25) is 0 Å². The predicted molar refractivity (Wildman–Crippen MR) is 89.8 cm³/mol. The van der Waals surface area contributed by atoms with Gasteiger partial charge < -0.3 is 14.7 Å². The summed E-state index contributed by atoms with van der Waals surface area (Å²) in [6, 6.07) is 6.25. The lowest BCUT2D eigenvalue weighted by Crippen LogP contribution is -2.43. The van der Waals surface area contributed by atoms with Crippen LogP contribution in [0.1, 0.15) is 32.8 Å². The molecule has 2 unspecified atom stereocenters. The smallest absolute Gasteiger partial charge is 0.133 e. The van der Waals surface area contributed by atoms with Crippen LogP contribution in [0.5, 0.6) is 5.75 Å². The molecule has 1 saturated heterocycles. The Hall–Kier alpha value is -0.580. The first kappa shape index (κ1) is 16.8. The van der Waals surface area contributed by atoms with E-state index in [-0.39, 0.29) is 12.2 Å². The molecule has 1 heterocycles. The van der Waals surface area contributed by atoms with Gasteiger partial charge >= 0.3 is 0 Å². The highest BCUT2D eigenvalue weighted by Gasteiger charge is 2.27. The van der Waals surface area contributed by atoms with Crippen LogP contribution in [-0.2, 0) is 6.42 Å². The van der Waals surface area contributed by atoms with Crippen molar-refractivity contribution in [2.75, 3.05) is 19.6 Å². The van der Waals surface area contributed by atoms with Gasteiger partial charge in [-0.05, 0) is 66.9 Å². The Kier molecular flexibility index (Phi) is 6.08. The van der Waals surface area contributed by atoms with Crippen molar-refractivity contribution >= 4 is 15.9 Å². The van der Waals surface area contributed by atoms with Crippen LogP contribution < -0.4 is 4.74 Å². The maximum atomic E-state index is 10.2. The molecule has 0 radical (unpaired) electrons. The Morgan fingerprint density at radius 3 is 2.81 bits per heavy atom. The molecule has 1 aliphatic rings. The first-order valence-electron chi connectivity index (χ1n) is 7.85. The van der Waals surface area contributed by atoms with E-state index in [1.54, 1.807) is 0 Å². The van der Waals surface area contributed by atoms with Gasteiger partial charge in [0.25, 0.3) is 0 Å². The predicted octanol–water partition coefficient (Wildman–Crippen LogP) is 3.48. The number of benzene rings is 1. The van der Waals surface area contributed by atoms with Crippen LogP contribution in [0.25, 0.3) is 0 Å².